The van der Waals surface area contributed by atoms with Gasteiger partial charge in [-0.15, -0.1) is 0 Å². The molecule has 6 nitrogen and oxygen atoms in total. The van der Waals surface area contributed by atoms with Crippen molar-refractivity contribution in [3.63, 3.8) is 0 Å². The molecule has 148 valence electrons. The first-order chi connectivity index (χ1) is 13.5. The van der Waals surface area contributed by atoms with Gasteiger partial charge in [-0.2, -0.15) is 5.26 Å². The number of ether oxygens (including phenoxy) is 3. The molecule has 0 radical (unpaired) electrons. The van der Waals surface area contributed by atoms with E-state index in [2.05, 4.69) is 5.32 Å². The first-order valence-electron chi connectivity index (χ1n) is 9.17. The molecule has 0 unspecified atom stereocenters. The lowest BCUT2D eigenvalue weighted by atomic mass is 10.1. The van der Waals surface area contributed by atoms with Crippen LogP contribution in [0.25, 0.3) is 0 Å². The molecule has 0 aliphatic heterocycles. The number of methoxy groups -OCH3 is 1. The minimum Gasteiger partial charge on any atom is -0.493 e. The summed E-state index contributed by atoms with van der Waals surface area (Å²) < 4.78 is 17.1. The monoisotopic (exact) mass is 382 g/mol. The predicted octanol–water partition coefficient (Wildman–Crippen LogP) is 3.34. The van der Waals surface area contributed by atoms with E-state index in [4.69, 9.17) is 19.5 Å². The molecular weight excluding hydrogens is 356 g/mol. The molecule has 2 aromatic rings. The van der Waals surface area contributed by atoms with Crippen molar-refractivity contribution in [2.45, 2.75) is 26.7 Å². The molecule has 0 saturated heterocycles. The first-order valence-corrected chi connectivity index (χ1v) is 9.17. The van der Waals surface area contributed by atoms with E-state index in [1.54, 1.807) is 7.11 Å². The van der Waals surface area contributed by atoms with Crippen LogP contribution in [0, 0.1) is 25.2 Å². The van der Waals surface area contributed by atoms with Gasteiger partial charge in [0.15, 0.2) is 11.5 Å². The van der Waals surface area contributed by atoms with Gasteiger partial charge in [0.2, 0.25) is 5.91 Å². The SMILES string of the molecule is COc1cc(CCNC(=O)CC#N)ccc1OCCOc1c(C)cccc1C. The molecule has 0 atom stereocenters. The summed E-state index contributed by atoms with van der Waals surface area (Å²) in [6, 6.07) is 13.5. The number of nitriles is 1. The third-order valence-electron chi connectivity index (χ3n) is 4.20. The van der Waals surface area contributed by atoms with Gasteiger partial charge in [0.25, 0.3) is 0 Å². The van der Waals surface area contributed by atoms with E-state index < -0.39 is 0 Å². The van der Waals surface area contributed by atoms with Gasteiger partial charge >= 0.3 is 0 Å². The zero-order valence-corrected chi connectivity index (χ0v) is 16.6. The molecule has 28 heavy (non-hydrogen) atoms. The van der Waals surface area contributed by atoms with Gasteiger partial charge in [0.05, 0.1) is 13.2 Å². The molecular formula is C22H26N2O4. The Morgan fingerprint density at radius 1 is 1.07 bits per heavy atom. The highest BCUT2D eigenvalue weighted by Gasteiger charge is 2.08. The van der Waals surface area contributed by atoms with Crippen molar-refractivity contribution in [1.82, 2.24) is 5.32 Å². The fourth-order valence-corrected chi connectivity index (χ4v) is 2.79. The number of aryl methyl sites for hydroxylation is 2. The lowest BCUT2D eigenvalue weighted by molar-refractivity contribution is -0.120. The van der Waals surface area contributed by atoms with E-state index in [-0.39, 0.29) is 12.3 Å². The molecule has 0 bridgehead atoms. The Balaban J connectivity index is 1.85. The summed E-state index contributed by atoms with van der Waals surface area (Å²) in [6.45, 7) is 5.34. The van der Waals surface area contributed by atoms with Gasteiger partial charge in [-0.3, -0.25) is 4.79 Å². The Morgan fingerprint density at radius 2 is 1.79 bits per heavy atom. The number of carbonyl (C=O) groups is 1. The maximum absolute atomic E-state index is 11.3. The Kier molecular flexibility index (Phi) is 8.16. The highest BCUT2D eigenvalue weighted by atomic mass is 16.5. The second-order valence-electron chi connectivity index (χ2n) is 6.34. The predicted molar refractivity (Wildman–Crippen MR) is 107 cm³/mol. The van der Waals surface area contributed by atoms with Crippen LogP contribution in [-0.2, 0) is 11.2 Å². The highest BCUT2D eigenvalue weighted by Crippen LogP contribution is 2.28. The third kappa shape index (κ3) is 6.20. The highest BCUT2D eigenvalue weighted by molar-refractivity contribution is 5.77. The number of para-hydroxylation sites is 1. The Bertz CT molecular complexity index is 823. The summed E-state index contributed by atoms with van der Waals surface area (Å²) in [6.07, 6.45) is 0.518. The zero-order chi connectivity index (χ0) is 20.4. The topological polar surface area (TPSA) is 80.6 Å². The van der Waals surface area contributed by atoms with Crippen LogP contribution in [0.15, 0.2) is 36.4 Å². The fraction of sp³-hybridized carbons (Fsp3) is 0.364. The molecule has 0 spiro atoms. The average molecular weight is 382 g/mol. The number of rotatable bonds is 10. The summed E-state index contributed by atoms with van der Waals surface area (Å²) in [5.74, 6) is 1.91. The lowest BCUT2D eigenvalue weighted by Crippen LogP contribution is -2.24. The van der Waals surface area contributed by atoms with Crippen LogP contribution in [0.2, 0.25) is 0 Å². The number of benzene rings is 2. The largest absolute Gasteiger partial charge is 0.493 e. The molecule has 0 aliphatic rings. The molecule has 2 rings (SSSR count). The van der Waals surface area contributed by atoms with E-state index in [1.165, 1.54) is 0 Å². The number of hydrogen-bond donors (Lipinski definition) is 1. The summed E-state index contributed by atoms with van der Waals surface area (Å²) in [7, 11) is 1.59. The number of nitrogens with zero attached hydrogens (tertiary/aromatic N) is 1. The summed E-state index contributed by atoms with van der Waals surface area (Å²) in [4.78, 5) is 11.3. The first kappa shape index (κ1) is 21.1. The van der Waals surface area contributed by atoms with E-state index in [9.17, 15) is 4.79 Å². The Hall–Kier alpha value is -3.20. The molecule has 2 aromatic carbocycles. The Labute approximate surface area is 166 Å². The average Bonchev–Trinajstić information content (AvgIpc) is 2.68. The van der Waals surface area contributed by atoms with Gasteiger partial charge in [0, 0.05) is 6.54 Å². The van der Waals surface area contributed by atoms with E-state index >= 15 is 0 Å². The third-order valence-corrected chi connectivity index (χ3v) is 4.20. The molecule has 0 aromatic heterocycles. The van der Waals surface area contributed by atoms with Crippen LogP contribution in [0.5, 0.6) is 17.2 Å². The molecule has 0 fully saturated rings. The summed E-state index contributed by atoms with van der Waals surface area (Å²) in [5, 5.41) is 11.2. The van der Waals surface area contributed by atoms with Gasteiger partial charge in [-0.1, -0.05) is 24.3 Å². The number of hydrogen-bond acceptors (Lipinski definition) is 5. The molecule has 0 aliphatic carbocycles. The van der Waals surface area contributed by atoms with Gasteiger partial charge in [0.1, 0.15) is 25.4 Å². The van der Waals surface area contributed by atoms with Crippen LogP contribution < -0.4 is 19.5 Å². The van der Waals surface area contributed by atoms with Gasteiger partial charge in [-0.25, -0.2) is 0 Å². The summed E-state index contributed by atoms with van der Waals surface area (Å²) >= 11 is 0. The van der Waals surface area contributed by atoms with Crippen LogP contribution in [0.3, 0.4) is 0 Å². The van der Waals surface area contributed by atoms with Crippen LogP contribution >= 0.6 is 0 Å². The van der Waals surface area contributed by atoms with Gasteiger partial charge in [-0.05, 0) is 49.1 Å². The van der Waals surface area contributed by atoms with Crippen molar-refractivity contribution in [3.8, 4) is 23.3 Å². The molecule has 1 amide bonds. The number of carbonyl (C=O) groups excluding carboxylic acids is 1. The quantitative estimate of drug-likeness (QED) is 0.638. The van der Waals surface area contributed by atoms with Crippen LogP contribution in [0.4, 0.5) is 0 Å². The van der Waals surface area contributed by atoms with Crippen molar-refractivity contribution in [2.75, 3.05) is 26.9 Å². The molecule has 0 saturated carbocycles. The maximum Gasteiger partial charge on any atom is 0.234 e. The van der Waals surface area contributed by atoms with Gasteiger partial charge < -0.3 is 19.5 Å². The summed E-state index contributed by atoms with van der Waals surface area (Å²) in [5.41, 5.74) is 3.21. The van der Waals surface area contributed by atoms with Crippen molar-refractivity contribution in [1.29, 1.82) is 5.26 Å². The zero-order valence-electron chi connectivity index (χ0n) is 16.6. The van der Waals surface area contributed by atoms with Crippen molar-refractivity contribution < 1.29 is 19.0 Å². The van der Waals surface area contributed by atoms with Crippen LogP contribution in [0.1, 0.15) is 23.1 Å². The fourth-order valence-electron chi connectivity index (χ4n) is 2.79. The molecule has 6 heteroatoms. The Morgan fingerprint density at radius 3 is 2.46 bits per heavy atom. The van der Waals surface area contributed by atoms with Crippen LogP contribution in [-0.4, -0.2) is 32.8 Å². The normalized spacial score (nSPS) is 10.1. The minimum absolute atomic E-state index is 0.125. The molecule has 0 heterocycles. The van der Waals surface area contributed by atoms with E-state index in [0.717, 1.165) is 22.4 Å². The maximum atomic E-state index is 11.3. The number of amides is 1. The second kappa shape index (κ2) is 10.8. The van der Waals surface area contributed by atoms with Crippen molar-refractivity contribution >= 4 is 5.91 Å². The van der Waals surface area contributed by atoms with Crippen molar-refractivity contribution in [2.24, 2.45) is 0 Å². The smallest absolute Gasteiger partial charge is 0.234 e. The molecule has 1 N–H and O–H groups in total. The van der Waals surface area contributed by atoms with Crippen molar-refractivity contribution in [3.05, 3.63) is 53.1 Å². The van der Waals surface area contributed by atoms with E-state index in [0.29, 0.717) is 37.7 Å². The second-order valence-corrected chi connectivity index (χ2v) is 6.34. The number of nitrogens with one attached hydrogen (secondary N) is 1. The lowest BCUT2D eigenvalue weighted by Gasteiger charge is -2.14. The standard InChI is InChI=1S/C22H26N2O4/c1-16-5-4-6-17(2)22(16)28-14-13-27-19-8-7-18(15-20(19)26-3)10-12-24-21(25)9-11-23/h4-8,15H,9-10,12-14H2,1-3H3,(H,24,25). The van der Waals surface area contributed by atoms with E-state index in [1.807, 2.05) is 56.3 Å². The minimum atomic E-state index is -0.265.